The average Bonchev–Trinajstić information content (AvgIpc) is 2.74. The van der Waals surface area contributed by atoms with Gasteiger partial charge in [-0.15, -0.1) is 11.3 Å². The number of rotatable bonds is 4. The molecule has 3 heteroatoms. The Morgan fingerprint density at radius 3 is 3.07 bits per heavy atom. The Kier molecular flexibility index (Phi) is 3.54. The molecule has 0 amide bonds. The summed E-state index contributed by atoms with van der Waals surface area (Å²) >= 11 is 3.69. The lowest BCUT2D eigenvalue weighted by atomic mass is 10.2. The molecule has 1 aromatic heterocycles. The molecule has 2 aromatic rings. The van der Waals surface area contributed by atoms with E-state index in [0.717, 1.165) is 6.54 Å². The Labute approximate surface area is 98.9 Å². The van der Waals surface area contributed by atoms with Gasteiger partial charge in [-0.05, 0) is 29.8 Å². The van der Waals surface area contributed by atoms with Gasteiger partial charge in [0.2, 0.25) is 0 Å². The van der Waals surface area contributed by atoms with Crippen molar-refractivity contribution in [1.29, 1.82) is 0 Å². The van der Waals surface area contributed by atoms with Crippen molar-refractivity contribution < 1.29 is 0 Å². The smallest absolute Gasteiger partial charge is 0.0428 e. The van der Waals surface area contributed by atoms with Gasteiger partial charge in [0.15, 0.2) is 0 Å². The Bertz CT molecular complexity index is 436. The summed E-state index contributed by atoms with van der Waals surface area (Å²) in [5.41, 5.74) is 1.26. The minimum absolute atomic E-state index is 0.652. The van der Waals surface area contributed by atoms with Gasteiger partial charge in [0.25, 0.3) is 0 Å². The van der Waals surface area contributed by atoms with Gasteiger partial charge < -0.3 is 5.32 Å². The third-order valence-corrected chi connectivity index (χ3v) is 4.33. The number of thiophene rings is 1. The van der Waals surface area contributed by atoms with E-state index in [1.807, 2.05) is 11.8 Å². The molecule has 0 saturated carbocycles. The van der Waals surface area contributed by atoms with Crippen molar-refractivity contribution >= 4 is 38.9 Å². The number of anilines is 1. The lowest BCUT2D eigenvalue weighted by Gasteiger charge is -2.11. The fourth-order valence-electron chi connectivity index (χ4n) is 1.49. The highest BCUT2D eigenvalue weighted by molar-refractivity contribution is 7.99. The highest BCUT2D eigenvalue weighted by Crippen LogP contribution is 2.27. The second kappa shape index (κ2) is 4.90. The van der Waals surface area contributed by atoms with Gasteiger partial charge in [0.1, 0.15) is 0 Å². The van der Waals surface area contributed by atoms with Gasteiger partial charge in [-0.3, -0.25) is 0 Å². The van der Waals surface area contributed by atoms with E-state index in [0.29, 0.717) is 5.25 Å². The predicted molar refractivity (Wildman–Crippen MR) is 73.3 cm³/mol. The third kappa shape index (κ3) is 2.47. The summed E-state index contributed by atoms with van der Waals surface area (Å²) in [6.45, 7) is 3.27. The molecule has 0 aliphatic heterocycles. The molecule has 1 heterocycles. The van der Waals surface area contributed by atoms with E-state index in [-0.39, 0.29) is 0 Å². The van der Waals surface area contributed by atoms with E-state index in [1.54, 1.807) is 11.3 Å². The first-order valence-electron chi connectivity index (χ1n) is 5.04. The monoisotopic (exact) mass is 237 g/mol. The molecule has 0 aliphatic rings. The second-order valence-electron chi connectivity index (χ2n) is 3.57. The molecule has 15 heavy (non-hydrogen) atoms. The summed E-state index contributed by atoms with van der Waals surface area (Å²) in [7, 11) is 0. The van der Waals surface area contributed by atoms with Gasteiger partial charge in [0.05, 0.1) is 0 Å². The topological polar surface area (TPSA) is 12.0 Å². The zero-order valence-corrected chi connectivity index (χ0v) is 10.6. The highest BCUT2D eigenvalue weighted by Gasteiger charge is 2.03. The minimum Gasteiger partial charge on any atom is -0.383 e. The molecule has 0 aliphatic carbocycles. The number of thioether (sulfide) groups is 1. The molecule has 80 valence electrons. The van der Waals surface area contributed by atoms with Gasteiger partial charge in [-0.25, -0.2) is 0 Å². The van der Waals surface area contributed by atoms with E-state index in [2.05, 4.69) is 48.1 Å². The van der Waals surface area contributed by atoms with Crippen molar-refractivity contribution in [1.82, 2.24) is 0 Å². The molecule has 1 aromatic carbocycles. The number of nitrogens with one attached hydrogen (secondary N) is 1. The van der Waals surface area contributed by atoms with E-state index in [4.69, 9.17) is 0 Å². The van der Waals surface area contributed by atoms with Crippen LogP contribution in [-0.2, 0) is 0 Å². The summed E-state index contributed by atoms with van der Waals surface area (Å²) in [6, 6.07) is 8.63. The van der Waals surface area contributed by atoms with E-state index >= 15 is 0 Å². The molecule has 0 bridgehead atoms. The molecule has 1 N–H and O–H groups in total. The molecule has 1 nitrogen and oxygen atoms in total. The van der Waals surface area contributed by atoms with E-state index < -0.39 is 0 Å². The summed E-state index contributed by atoms with van der Waals surface area (Å²) in [6.07, 6.45) is 2.15. The zero-order chi connectivity index (χ0) is 10.7. The summed E-state index contributed by atoms with van der Waals surface area (Å²) < 4.78 is 1.36. The first-order valence-corrected chi connectivity index (χ1v) is 7.21. The van der Waals surface area contributed by atoms with Crippen molar-refractivity contribution in [3.05, 3.63) is 29.6 Å². The summed E-state index contributed by atoms with van der Waals surface area (Å²) in [5.74, 6) is 0. The van der Waals surface area contributed by atoms with Gasteiger partial charge in [-0.2, -0.15) is 11.8 Å². The molecule has 1 unspecified atom stereocenters. The largest absolute Gasteiger partial charge is 0.383 e. The Hall–Kier alpha value is -0.670. The first-order chi connectivity index (χ1) is 7.31. The van der Waals surface area contributed by atoms with Crippen LogP contribution in [0.4, 0.5) is 5.69 Å². The maximum Gasteiger partial charge on any atom is 0.0428 e. The van der Waals surface area contributed by atoms with Crippen LogP contribution in [0.1, 0.15) is 6.92 Å². The lowest BCUT2D eigenvalue weighted by Crippen LogP contribution is -2.12. The highest BCUT2D eigenvalue weighted by atomic mass is 32.2. The van der Waals surface area contributed by atoms with Crippen molar-refractivity contribution in [3.63, 3.8) is 0 Å². The molecule has 0 saturated heterocycles. The van der Waals surface area contributed by atoms with Crippen molar-refractivity contribution in [2.45, 2.75) is 12.2 Å². The maximum atomic E-state index is 3.51. The van der Waals surface area contributed by atoms with Crippen molar-refractivity contribution in [3.8, 4) is 0 Å². The van der Waals surface area contributed by atoms with Crippen molar-refractivity contribution in [2.75, 3.05) is 18.1 Å². The van der Waals surface area contributed by atoms with Gasteiger partial charge in [-0.1, -0.05) is 13.0 Å². The van der Waals surface area contributed by atoms with Crippen molar-refractivity contribution in [2.24, 2.45) is 0 Å². The SMILES string of the molecule is CSC(C)CNc1cccc2sccc12. The Morgan fingerprint density at radius 1 is 1.40 bits per heavy atom. The third-order valence-electron chi connectivity index (χ3n) is 2.48. The van der Waals surface area contributed by atoms with Gasteiger partial charge >= 0.3 is 0 Å². The predicted octanol–water partition coefficient (Wildman–Crippen LogP) is 4.06. The maximum absolute atomic E-state index is 3.51. The molecule has 2 rings (SSSR count). The van der Waals surface area contributed by atoms with Gasteiger partial charge in [0, 0.05) is 27.6 Å². The molecule has 1 atom stereocenters. The van der Waals surface area contributed by atoms with Crippen LogP contribution in [0.15, 0.2) is 29.6 Å². The van der Waals surface area contributed by atoms with E-state index in [1.165, 1.54) is 15.8 Å². The zero-order valence-electron chi connectivity index (χ0n) is 8.99. The average molecular weight is 237 g/mol. The number of hydrogen-bond donors (Lipinski definition) is 1. The van der Waals surface area contributed by atoms with Crippen LogP contribution in [0.5, 0.6) is 0 Å². The van der Waals surface area contributed by atoms with Crippen LogP contribution in [0.2, 0.25) is 0 Å². The summed E-state index contributed by atoms with van der Waals surface area (Å²) in [5, 5.41) is 7.65. The van der Waals surface area contributed by atoms with Crippen LogP contribution in [-0.4, -0.2) is 18.1 Å². The second-order valence-corrected chi connectivity index (χ2v) is 5.79. The number of hydrogen-bond acceptors (Lipinski definition) is 3. The summed E-state index contributed by atoms with van der Waals surface area (Å²) in [4.78, 5) is 0. The van der Waals surface area contributed by atoms with Crippen LogP contribution in [0.25, 0.3) is 10.1 Å². The standard InChI is InChI=1S/C12H15NS2/c1-9(14-2)8-13-11-4-3-5-12-10(11)6-7-15-12/h3-7,9,13H,8H2,1-2H3. The Balaban J connectivity index is 2.17. The first kappa shape index (κ1) is 10.8. The molecule has 0 spiro atoms. The number of benzene rings is 1. The van der Waals surface area contributed by atoms with E-state index in [9.17, 15) is 0 Å². The minimum atomic E-state index is 0.652. The fourth-order valence-corrected chi connectivity index (χ4v) is 2.55. The van der Waals surface area contributed by atoms with Crippen LogP contribution in [0.3, 0.4) is 0 Å². The molecule has 0 radical (unpaired) electrons. The molecular weight excluding hydrogens is 222 g/mol. The fraction of sp³-hybridized carbons (Fsp3) is 0.333. The normalized spacial score (nSPS) is 12.9. The quantitative estimate of drug-likeness (QED) is 0.860. The molecule has 0 fully saturated rings. The van der Waals surface area contributed by atoms with Crippen LogP contribution < -0.4 is 5.32 Å². The van der Waals surface area contributed by atoms with Crippen LogP contribution in [0, 0.1) is 0 Å². The Morgan fingerprint density at radius 2 is 2.27 bits per heavy atom. The number of fused-ring (bicyclic) bond motifs is 1. The van der Waals surface area contributed by atoms with Crippen LogP contribution >= 0.6 is 23.1 Å². The molecular formula is C12H15NS2. The lowest BCUT2D eigenvalue weighted by molar-refractivity contribution is 1.01.